The molecule has 0 spiro atoms. The lowest BCUT2D eigenvalue weighted by Crippen LogP contribution is -2.15. The minimum Gasteiger partial charge on any atom is -0.497 e. The fourth-order valence-electron chi connectivity index (χ4n) is 3.42. The van der Waals surface area contributed by atoms with Gasteiger partial charge in [-0.3, -0.25) is 9.36 Å². The van der Waals surface area contributed by atoms with Gasteiger partial charge in [-0.2, -0.15) is 0 Å². The van der Waals surface area contributed by atoms with Crippen LogP contribution in [-0.2, 0) is 4.79 Å². The van der Waals surface area contributed by atoms with E-state index in [4.69, 9.17) is 9.47 Å². The first-order valence-electron chi connectivity index (χ1n) is 11.0. The van der Waals surface area contributed by atoms with Gasteiger partial charge in [0, 0.05) is 15.7 Å². The predicted molar refractivity (Wildman–Crippen MR) is 143 cm³/mol. The number of carbonyl (C=O) groups is 1. The second kappa shape index (κ2) is 11.4. The number of anilines is 1. The highest BCUT2D eigenvalue weighted by molar-refractivity contribution is 9.10. The predicted octanol–water partition coefficient (Wildman–Crippen LogP) is 6.14. The number of ether oxygens (including phenoxy) is 2. The van der Waals surface area contributed by atoms with Crippen molar-refractivity contribution in [3.8, 4) is 28.6 Å². The van der Waals surface area contributed by atoms with Crippen LogP contribution in [0.4, 0.5) is 5.69 Å². The molecule has 9 heteroatoms. The van der Waals surface area contributed by atoms with Crippen molar-refractivity contribution < 1.29 is 14.3 Å². The van der Waals surface area contributed by atoms with Gasteiger partial charge in [0.05, 0.1) is 25.2 Å². The summed E-state index contributed by atoms with van der Waals surface area (Å²) in [5, 5.41) is 12.4. The lowest BCUT2D eigenvalue weighted by molar-refractivity contribution is -0.113. The standard InChI is InChI=1S/C26H25BrN4O3S/c1-4-34-21-12-8-19(9-13-21)31-25(18-6-10-20(33-3)11-7-18)29-30-26(31)35-16-24(32)28-23-14-5-17(2)15-22(23)27/h5-15H,4,16H2,1-3H3,(H,28,32). The summed E-state index contributed by atoms with van der Waals surface area (Å²) >= 11 is 4.82. The van der Waals surface area contributed by atoms with Crippen molar-refractivity contribution in [3.05, 3.63) is 76.8 Å². The number of rotatable bonds is 9. The average Bonchev–Trinajstić information content (AvgIpc) is 3.29. The van der Waals surface area contributed by atoms with Gasteiger partial charge in [-0.05, 0) is 96.0 Å². The summed E-state index contributed by atoms with van der Waals surface area (Å²) in [7, 11) is 1.63. The first kappa shape index (κ1) is 24.8. The zero-order chi connectivity index (χ0) is 24.8. The quantitative estimate of drug-likeness (QED) is 0.251. The van der Waals surface area contributed by atoms with E-state index in [1.807, 2.05) is 85.1 Å². The van der Waals surface area contributed by atoms with E-state index in [1.54, 1.807) is 7.11 Å². The maximum Gasteiger partial charge on any atom is 0.234 e. The van der Waals surface area contributed by atoms with E-state index < -0.39 is 0 Å². The third-order valence-corrected chi connectivity index (χ3v) is 6.70. The average molecular weight is 553 g/mol. The third-order valence-electron chi connectivity index (χ3n) is 5.12. The van der Waals surface area contributed by atoms with Crippen LogP contribution >= 0.6 is 27.7 Å². The molecule has 35 heavy (non-hydrogen) atoms. The smallest absolute Gasteiger partial charge is 0.234 e. The molecule has 0 radical (unpaired) electrons. The van der Waals surface area contributed by atoms with Gasteiger partial charge in [0.25, 0.3) is 0 Å². The molecule has 1 N–H and O–H groups in total. The van der Waals surface area contributed by atoms with E-state index in [9.17, 15) is 4.79 Å². The van der Waals surface area contributed by atoms with Crippen molar-refractivity contribution in [2.45, 2.75) is 19.0 Å². The van der Waals surface area contributed by atoms with Crippen LogP contribution in [-0.4, -0.2) is 40.1 Å². The van der Waals surface area contributed by atoms with Crippen LogP contribution in [0.1, 0.15) is 12.5 Å². The third kappa shape index (κ3) is 6.04. The van der Waals surface area contributed by atoms with E-state index >= 15 is 0 Å². The summed E-state index contributed by atoms with van der Waals surface area (Å²) < 4.78 is 13.7. The number of benzene rings is 3. The summed E-state index contributed by atoms with van der Waals surface area (Å²) in [6.45, 7) is 4.54. The minimum absolute atomic E-state index is 0.133. The van der Waals surface area contributed by atoms with Gasteiger partial charge in [-0.1, -0.05) is 17.8 Å². The van der Waals surface area contributed by atoms with E-state index in [2.05, 4.69) is 31.4 Å². The van der Waals surface area contributed by atoms with E-state index in [0.29, 0.717) is 17.6 Å². The Labute approximate surface area is 217 Å². The van der Waals surface area contributed by atoms with Crippen molar-refractivity contribution in [2.75, 3.05) is 24.8 Å². The Hall–Kier alpha value is -3.30. The molecule has 0 unspecified atom stereocenters. The highest BCUT2D eigenvalue weighted by atomic mass is 79.9. The molecule has 3 aromatic carbocycles. The van der Waals surface area contributed by atoms with Crippen LogP contribution in [0.5, 0.6) is 11.5 Å². The highest BCUT2D eigenvalue weighted by Gasteiger charge is 2.18. The first-order valence-corrected chi connectivity index (χ1v) is 12.8. The Bertz CT molecular complexity index is 1310. The molecular weight excluding hydrogens is 528 g/mol. The van der Waals surface area contributed by atoms with Crippen LogP contribution in [0.3, 0.4) is 0 Å². The molecular formula is C26H25BrN4O3S. The van der Waals surface area contributed by atoms with Gasteiger partial charge < -0.3 is 14.8 Å². The van der Waals surface area contributed by atoms with Gasteiger partial charge in [-0.15, -0.1) is 10.2 Å². The SMILES string of the molecule is CCOc1ccc(-n2c(SCC(=O)Nc3ccc(C)cc3Br)nnc2-c2ccc(OC)cc2)cc1. The molecule has 0 saturated heterocycles. The van der Waals surface area contributed by atoms with Gasteiger partial charge in [0.2, 0.25) is 5.91 Å². The lowest BCUT2D eigenvalue weighted by atomic mass is 10.2. The summed E-state index contributed by atoms with van der Waals surface area (Å²) in [4.78, 5) is 12.7. The van der Waals surface area contributed by atoms with Crippen molar-refractivity contribution in [1.82, 2.24) is 14.8 Å². The summed E-state index contributed by atoms with van der Waals surface area (Å²) in [6.07, 6.45) is 0. The second-order valence-corrected chi connectivity index (χ2v) is 9.41. The topological polar surface area (TPSA) is 78.3 Å². The Morgan fingerprint density at radius 3 is 2.40 bits per heavy atom. The van der Waals surface area contributed by atoms with Gasteiger partial charge in [-0.25, -0.2) is 0 Å². The Balaban J connectivity index is 1.60. The Morgan fingerprint density at radius 1 is 1.03 bits per heavy atom. The molecule has 180 valence electrons. The molecule has 0 aliphatic carbocycles. The minimum atomic E-state index is -0.133. The monoisotopic (exact) mass is 552 g/mol. The largest absolute Gasteiger partial charge is 0.497 e. The number of thioether (sulfide) groups is 1. The number of nitrogens with zero attached hydrogens (tertiary/aromatic N) is 3. The molecule has 0 fully saturated rings. The number of aryl methyl sites for hydroxylation is 1. The number of hydrogen-bond acceptors (Lipinski definition) is 6. The Kier molecular flexibility index (Phi) is 8.09. The van der Waals surface area contributed by atoms with Crippen LogP contribution in [0.25, 0.3) is 17.1 Å². The van der Waals surface area contributed by atoms with Gasteiger partial charge in [0.1, 0.15) is 11.5 Å². The zero-order valence-corrected chi connectivity index (χ0v) is 22.0. The molecule has 7 nitrogen and oxygen atoms in total. The molecule has 0 bridgehead atoms. The second-order valence-electron chi connectivity index (χ2n) is 7.62. The molecule has 0 aliphatic rings. The van der Waals surface area contributed by atoms with E-state index in [-0.39, 0.29) is 11.7 Å². The number of nitrogens with one attached hydrogen (secondary N) is 1. The highest BCUT2D eigenvalue weighted by Crippen LogP contribution is 2.30. The molecule has 4 aromatic rings. The Morgan fingerprint density at radius 2 is 1.74 bits per heavy atom. The van der Waals surface area contributed by atoms with Crippen LogP contribution in [0, 0.1) is 6.92 Å². The van der Waals surface area contributed by atoms with Crippen molar-refractivity contribution in [1.29, 1.82) is 0 Å². The number of carbonyl (C=O) groups excluding carboxylic acids is 1. The molecule has 0 aliphatic heterocycles. The molecule has 0 saturated carbocycles. The molecule has 1 heterocycles. The van der Waals surface area contributed by atoms with Crippen LogP contribution in [0.2, 0.25) is 0 Å². The number of methoxy groups -OCH3 is 1. The van der Waals surface area contributed by atoms with Crippen molar-refractivity contribution in [3.63, 3.8) is 0 Å². The lowest BCUT2D eigenvalue weighted by Gasteiger charge is -2.12. The summed E-state index contributed by atoms with van der Waals surface area (Å²) in [6, 6.07) is 21.2. The van der Waals surface area contributed by atoms with Crippen LogP contribution in [0.15, 0.2) is 76.4 Å². The molecule has 1 amide bonds. The van der Waals surface area contributed by atoms with Crippen molar-refractivity contribution in [2.24, 2.45) is 0 Å². The molecule has 4 rings (SSSR count). The number of hydrogen-bond donors (Lipinski definition) is 1. The zero-order valence-electron chi connectivity index (χ0n) is 19.6. The first-order chi connectivity index (χ1) is 17.0. The fraction of sp³-hybridized carbons (Fsp3) is 0.192. The summed E-state index contributed by atoms with van der Waals surface area (Å²) in [5.74, 6) is 2.26. The molecule has 0 atom stereocenters. The summed E-state index contributed by atoms with van der Waals surface area (Å²) in [5.41, 5.74) is 3.59. The maximum absolute atomic E-state index is 12.7. The number of aromatic nitrogens is 3. The maximum atomic E-state index is 12.7. The number of halogens is 1. The van der Waals surface area contributed by atoms with Crippen molar-refractivity contribution >= 4 is 39.3 Å². The van der Waals surface area contributed by atoms with Gasteiger partial charge in [0.15, 0.2) is 11.0 Å². The number of amides is 1. The molecule has 1 aromatic heterocycles. The fourth-order valence-corrected chi connectivity index (χ4v) is 4.76. The van der Waals surface area contributed by atoms with Crippen LogP contribution < -0.4 is 14.8 Å². The van der Waals surface area contributed by atoms with E-state index in [0.717, 1.165) is 38.5 Å². The van der Waals surface area contributed by atoms with E-state index in [1.165, 1.54) is 11.8 Å². The van der Waals surface area contributed by atoms with Gasteiger partial charge >= 0.3 is 0 Å². The normalized spacial score (nSPS) is 10.7.